The number of benzene rings is 3. The van der Waals surface area contributed by atoms with Gasteiger partial charge in [-0.2, -0.15) is 0 Å². The second kappa shape index (κ2) is 8.80. The first-order chi connectivity index (χ1) is 15.5. The van der Waals surface area contributed by atoms with Crippen LogP contribution in [-0.4, -0.2) is 39.7 Å². The molecule has 32 heavy (non-hydrogen) atoms. The summed E-state index contributed by atoms with van der Waals surface area (Å²) in [7, 11) is 0. The smallest absolute Gasteiger partial charge is 0.410 e. The minimum Gasteiger partial charge on any atom is -0.410 e. The lowest BCUT2D eigenvalue weighted by Crippen LogP contribution is -2.63. The second-order valence-corrected chi connectivity index (χ2v) is 7.90. The van der Waals surface area contributed by atoms with Crippen molar-refractivity contribution < 1.29 is 19.6 Å². The standard InChI is InChI=1S/C25H24N2O5/c28-23(32-22-14-8-3-9-15-22)26-18-16-24(17-19-26,27(30)31)25(29,20-10-4-1-5-11-20)21-12-6-2-7-13-21/h1-15,29H,16-19H2. The van der Waals surface area contributed by atoms with Crippen LogP contribution >= 0.6 is 0 Å². The molecule has 1 heterocycles. The van der Waals surface area contributed by atoms with Gasteiger partial charge in [-0.15, -0.1) is 0 Å². The minimum absolute atomic E-state index is 0.0236. The minimum atomic E-state index is -1.87. The lowest BCUT2D eigenvalue weighted by molar-refractivity contribution is -0.599. The summed E-state index contributed by atoms with van der Waals surface area (Å²) in [5.74, 6) is 0.411. The van der Waals surface area contributed by atoms with E-state index in [0.29, 0.717) is 16.9 Å². The Morgan fingerprint density at radius 2 is 1.31 bits per heavy atom. The van der Waals surface area contributed by atoms with Crippen LogP contribution in [0.4, 0.5) is 4.79 Å². The molecule has 1 aliphatic heterocycles. The predicted octanol–water partition coefficient (Wildman–Crippen LogP) is 4.23. The van der Waals surface area contributed by atoms with E-state index in [2.05, 4.69) is 0 Å². The Balaban J connectivity index is 1.66. The molecule has 1 fully saturated rings. The van der Waals surface area contributed by atoms with Crippen molar-refractivity contribution in [2.24, 2.45) is 0 Å². The van der Waals surface area contributed by atoms with Gasteiger partial charge in [0.15, 0.2) is 5.60 Å². The number of para-hydroxylation sites is 1. The van der Waals surface area contributed by atoms with Gasteiger partial charge in [0, 0.05) is 30.9 Å². The topological polar surface area (TPSA) is 92.9 Å². The number of hydrogen-bond donors (Lipinski definition) is 1. The summed E-state index contributed by atoms with van der Waals surface area (Å²) in [6.07, 6.45) is -0.606. The van der Waals surface area contributed by atoms with Crippen molar-refractivity contribution in [3.63, 3.8) is 0 Å². The Kier molecular flexibility index (Phi) is 5.92. The van der Waals surface area contributed by atoms with Crippen LogP contribution in [0.25, 0.3) is 0 Å². The Bertz CT molecular complexity index is 1030. The summed E-state index contributed by atoms with van der Waals surface area (Å²) in [6, 6.07) is 26.1. The number of carbonyl (C=O) groups is 1. The van der Waals surface area contributed by atoms with Crippen molar-refractivity contribution >= 4 is 6.09 Å². The van der Waals surface area contributed by atoms with E-state index >= 15 is 0 Å². The number of nitrogens with zero attached hydrogens (tertiary/aromatic N) is 2. The number of piperidine rings is 1. The van der Waals surface area contributed by atoms with Crippen molar-refractivity contribution in [3.05, 3.63) is 112 Å². The molecule has 0 saturated carbocycles. The van der Waals surface area contributed by atoms with Crippen molar-refractivity contribution in [1.82, 2.24) is 4.90 Å². The quantitative estimate of drug-likeness (QED) is 0.481. The van der Waals surface area contributed by atoms with Crippen LogP contribution in [0, 0.1) is 10.1 Å². The highest BCUT2D eigenvalue weighted by Gasteiger charge is 2.63. The third kappa shape index (κ3) is 3.71. The predicted molar refractivity (Wildman–Crippen MR) is 119 cm³/mol. The van der Waals surface area contributed by atoms with E-state index < -0.39 is 17.2 Å². The monoisotopic (exact) mass is 432 g/mol. The number of ether oxygens (including phenoxy) is 1. The van der Waals surface area contributed by atoms with Crippen LogP contribution in [-0.2, 0) is 5.60 Å². The molecule has 7 nitrogen and oxygen atoms in total. The summed E-state index contributed by atoms with van der Waals surface area (Å²) in [5, 5.41) is 24.6. The van der Waals surface area contributed by atoms with Gasteiger partial charge in [0.2, 0.25) is 0 Å². The SMILES string of the molecule is O=C(Oc1ccccc1)N1CCC([N+](=O)[O-])(C(O)(c2ccccc2)c2ccccc2)CC1. The Morgan fingerprint density at radius 1 is 0.875 bits per heavy atom. The number of rotatable bonds is 5. The zero-order valence-corrected chi connectivity index (χ0v) is 17.5. The normalized spacial score (nSPS) is 15.7. The van der Waals surface area contributed by atoms with Crippen molar-refractivity contribution in [2.75, 3.05) is 13.1 Å². The van der Waals surface area contributed by atoms with Crippen LogP contribution in [0.15, 0.2) is 91.0 Å². The molecule has 1 amide bonds. The van der Waals surface area contributed by atoms with Crippen molar-refractivity contribution in [2.45, 2.75) is 24.0 Å². The van der Waals surface area contributed by atoms with Gasteiger partial charge in [0.1, 0.15) is 5.75 Å². The van der Waals surface area contributed by atoms with Gasteiger partial charge in [-0.1, -0.05) is 78.9 Å². The maximum absolute atomic E-state index is 12.6. The van der Waals surface area contributed by atoms with Crippen LogP contribution in [0.1, 0.15) is 24.0 Å². The van der Waals surface area contributed by atoms with E-state index in [0.717, 1.165) is 0 Å². The molecule has 3 aromatic carbocycles. The summed E-state index contributed by atoms with van der Waals surface area (Å²) >= 11 is 0. The molecule has 0 atom stereocenters. The molecule has 1 aliphatic rings. The van der Waals surface area contributed by atoms with Gasteiger partial charge in [0.25, 0.3) is 5.54 Å². The molecule has 3 aromatic rings. The highest BCUT2D eigenvalue weighted by molar-refractivity contribution is 5.70. The highest BCUT2D eigenvalue weighted by atomic mass is 16.6. The largest absolute Gasteiger partial charge is 0.415 e. The molecule has 0 bridgehead atoms. The summed E-state index contributed by atoms with van der Waals surface area (Å²) in [5.41, 5.74) is -2.68. The average Bonchev–Trinajstić information content (AvgIpc) is 2.85. The maximum atomic E-state index is 12.6. The first-order valence-electron chi connectivity index (χ1n) is 10.5. The van der Waals surface area contributed by atoms with E-state index in [1.807, 2.05) is 6.07 Å². The van der Waals surface area contributed by atoms with Crippen LogP contribution < -0.4 is 4.74 Å². The molecular weight excluding hydrogens is 408 g/mol. The van der Waals surface area contributed by atoms with Crippen LogP contribution in [0.3, 0.4) is 0 Å². The summed E-state index contributed by atoms with van der Waals surface area (Å²) in [4.78, 5) is 26.2. The van der Waals surface area contributed by atoms with Gasteiger partial charge in [-0.3, -0.25) is 10.1 Å². The van der Waals surface area contributed by atoms with Crippen molar-refractivity contribution in [1.29, 1.82) is 0 Å². The van der Waals surface area contributed by atoms with Gasteiger partial charge < -0.3 is 14.7 Å². The van der Waals surface area contributed by atoms with E-state index in [1.165, 1.54) is 4.90 Å². The zero-order chi connectivity index (χ0) is 22.6. The van der Waals surface area contributed by atoms with Gasteiger partial charge in [0.05, 0.1) is 0 Å². The molecule has 0 radical (unpaired) electrons. The molecule has 1 N–H and O–H groups in total. The fourth-order valence-corrected chi connectivity index (χ4v) is 4.45. The summed E-state index contributed by atoms with van der Waals surface area (Å²) in [6.45, 7) is 0.184. The number of aliphatic hydroxyl groups is 1. The number of likely N-dealkylation sites (tertiary alicyclic amines) is 1. The number of hydrogen-bond acceptors (Lipinski definition) is 5. The maximum Gasteiger partial charge on any atom is 0.415 e. The lowest BCUT2D eigenvalue weighted by atomic mass is 9.66. The molecule has 4 rings (SSSR count). The zero-order valence-electron chi connectivity index (χ0n) is 17.5. The van der Waals surface area contributed by atoms with Gasteiger partial charge in [-0.25, -0.2) is 4.79 Å². The number of nitro groups is 1. The molecular formula is C25H24N2O5. The molecule has 164 valence electrons. The Morgan fingerprint density at radius 3 is 1.75 bits per heavy atom. The van der Waals surface area contributed by atoms with E-state index in [-0.39, 0.29) is 30.9 Å². The highest BCUT2D eigenvalue weighted by Crippen LogP contribution is 2.47. The van der Waals surface area contributed by atoms with Gasteiger partial charge in [-0.05, 0) is 23.3 Å². The van der Waals surface area contributed by atoms with E-state index in [1.54, 1.807) is 84.9 Å². The van der Waals surface area contributed by atoms with Gasteiger partial charge >= 0.3 is 6.09 Å². The third-order valence-corrected chi connectivity index (χ3v) is 6.20. The molecule has 0 spiro atoms. The second-order valence-electron chi connectivity index (χ2n) is 7.90. The molecule has 0 unspecified atom stereocenters. The lowest BCUT2D eigenvalue weighted by Gasteiger charge is -2.45. The van der Waals surface area contributed by atoms with E-state index in [4.69, 9.17) is 4.74 Å². The first-order valence-corrected chi connectivity index (χ1v) is 10.5. The van der Waals surface area contributed by atoms with E-state index in [9.17, 15) is 20.0 Å². The molecule has 0 aliphatic carbocycles. The fraction of sp³-hybridized carbons (Fsp3) is 0.240. The fourth-order valence-electron chi connectivity index (χ4n) is 4.45. The first kappa shape index (κ1) is 21.5. The average molecular weight is 432 g/mol. The molecule has 7 heteroatoms. The third-order valence-electron chi connectivity index (χ3n) is 6.20. The summed E-state index contributed by atoms with van der Waals surface area (Å²) < 4.78 is 5.39. The molecule has 1 saturated heterocycles. The van der Waals surface area contributed by atoms with Crippen LogP contribution in [0.2, 0.25) is 0 Å². The molecule has 0 aromatic heterocycles. The van der Waals surface area contributed by atoms with Crippen LogP contribution in [0.5, 0.6) is 5.75 Å². The van der Waals surface area contributed by atoms with Crippen molar-refractivity contribution in [3.8, 4) is 5.75 Å². The number of carbonyl (C=O) groups excluding carboxylic acids is 1. The Labute approximate surface area is 186 Å². The number of amides is 1. The Hall–Kier alpha value is -3.71.